The van der Waals surface area contributed by atoms with Crippen molar-refractivity contribution in [2.24, 2.45) is 5.92 Å². The van der Waals surface area contributed by atoms with Gasteiger partial charge in [-0.05, 0) is 42.5 Å². The van der Waals surface area contributed by atoms with Crippen LogP contribution in [0.15, 0.2) is 18.2 Å². The fraction of sp³-hybridized carbons (Fsp3) is 0.462. The molecule has 92 valence electrons. The Hall–Kier alpha value is -1.55. The number of rotatable bonds is 2. The van der Waals surface area contributed by atoms with Crippen molar-refractivity contribution >= 4 is 11.6 Å². The molecule has 4 nitrogen and oxygen atoms in total. The molecule has 2 rings (SSSR count). The minimum atomic E-state index is -0.272. The van der Waals surface area contributed by atoms with Gasteiger partial charge in [0.2, 0.25) is 5.91 Å². The Morgan fingerprint density at radius 1 is 1.41 bits per heavy atom. The lowest BCUT2D eigenvalue weighted by molar-refractivity contribution is -0.133. The number of nitrogens with zero attached hydrogens (tertiary/aromatic N) is 1. The van der Waals surface area contributed by atoms with E-state index in [0.29, 0.717) is 6.42 Å². The molecule has 0 aromatic heterocycles. The summed E-state index contributed by atoms with van der Waals surface area (Å²) in [6, 6.07) is 6.37. The number of benzene rings is 1. The van der Waals surface area contributed by atoms with E-state index in [1.54, 1.807) is 5.48 Å². The summed E-state index contributed by atoms with van der Waals surface area (Å²) in [5, 5.41) is 8.67. The second-order valence-electron chi connectivity index (χ2n) is 4.76. The largest absolute Gasteiger partial charge is 0.378 e. The zero-order chi connectivity index (χ0) is 12.4. The van der Waals surface area contributed by atoms with Crippen LogP contribution in [-0.2, 0) is 17.6 Å². The summed E-state index contributed by atoms with van der Waals surface area (Å²) in [7, 11) is 4.00. The molecule has 0 saturated carbocycles. The lowest BCUT2D eigenvalue weighted by Gasteiger charge is -2.24. The maximum Gasteiger partial charge on any atom is 0.246 e. The Kier molecular flexibility index (Phi) is 3.33. The average molecular weight is 234 g/mol. The van der Waals surface area contributed by atoms with E-state index in [4.69, 9.17) is 5.21 Å². The first-order valence-electron chi connectivity index (χ1n) is 5.85. The Morgan fingerprint density at radius 3 is 2.82 bits per heavy atom. The van der Waals surface area contributed by atoms with Crippen LogP contribution in [0.25, 0.3) is 0 Å². The van der Waals surface area contributed by atoms with Gasteiger partial charge in [-0.15, -0.1) is 0 Å². The van der Waals surface area contributed by atoms with E-state index in [1.165, 1.54) is 11.1 Å². The van der Waals surface area contributed by atoms with Crippen LogP contribution in [-0.4, -0.2) is 25.2 Å². The third-order valence-electron chi connectivity index (χ3n) is 3.42. The van der Waals surface area contributed by atoms with Crippen molar-refractivity contribution in [1.82, 2.24) is 5.48 Å². The first-order chi connectivity index (χ1) is 8.11. The van der Waals surface area contributed by atoms with Crippen LogP contribution in [0.4, 0.5) is 5.69 Å². The van der Waals surface area contributed by atoms with Crippen molar-refractivity contribution in [3.63, 3.8) is 0 Å². The Labute approximate surface area is 101 Å². The van der Waals surface area contributed by atoms with Crippen molar-refractivity contribution in [2.45, 2.75) is 19.3 Å². The van der Waals surface area contributed by atoms with Crippen molar-refractivity contribution in [2.75, 3.05) is 19.0 Å². The lowest BCUT2D eigenvalue weighted by atomic mass is 9.83. The topological polar surface area (TPSA) is 52.6 Å². The lowest BCUT2D eigenvalue weighted by Crippen LogP contribution is -2.32. The van der Waals surface area contributed by atoms with E-state index in [-0.39, 0.29) is 11.8 Å². The van der Waals surface area contributed by atoms with E-state index in [0.717, 1.165) is 18.5 Å². The van der Waals surface area contributed by atoms with Gasteiger partial charge in [0.05, 0.1) is 0 Å². The SMILES string of the molecule is CN(C)c1ccc2c(c1)CC(C(=O)NO)CC2. The second kappa shape index (κ2) is 4.75. The molecule has 2 N–H and O–H groups in total. The molecular formula is C13H18N2O2. The molecular weight excluding hydrogens is 216 g/mol. The quantitative estimate of drug-likeness (QED) is 0.600. The molecule has 1 amide bonds. The third kappa shape index (κ3) is 2.42. The minimum absolute atomic E-state index is 0.107. The predicted molar refractivity (Wildman–Crippen MR) is 66.2 cm³/mol. The number of aryl methyl sites for hydroxylation is 1. The van der Waals surface area contributed by atoms with Gasteiger partial charge >= 0.3 is 0 Å². The van der Waals surface area contributed by atoms with Gasteiger partial charge in [-0.25, -0.2) is 5.48 Å². The standard InChI is InChI=1S/C13H18N2O2/c1-15(2)12-6-5-9-3-4-10(13(16)14-17)7-11(9)8-12/h5-6,8,10,17H,3-4,7H2,1-2H3,(H,14,16). The molecule has 0 aliphatic heterocycles. The number of nitrogens with one attached hydrogen (secondary N) is 1. The molecule has 0 bridgehead atoms. The van der Waals surface area contributed by atoms with Crippen LogP contribution < -0.4 is 10.4 Å². The fourth-order valence-electron chi connectivity index (χ4n) is 2.34. The van der Waals surface area contributed by atoms with Crippen molar-refractivity contribution in [3.05, 3.63) is 29.3 Å². The Bertz CT molecular complexity index is 429. The highest BCUT2D eigenvalue weighted by atomic mass is 16.5. The number of hydrogen-bond donors (Lipinski definition) is 2. The summed E-state index contributed by atoms with van der Waals surface area (Å²) in [6.07, 6.45) is 2.42. The molecule has 1 aromatic carbocycles. The van der Waals surface area contributed by atoms with Gasteiger partial charge in [0.25, 0.3) is 0 Å². The fourth-order valence-corrected chi connectivity index (χ4v) is 2.34. The van der Waals surface area contributed by atoms with Gasteiger partial charge in [-0.1, -0.05) is 6.07 Å². The van der Waals surface area contributed by atoms with Gasteiger partial charge in [-0.2, -0.15) is 0 Å². The second-order valence-corrected chi connectivity index (χ2v) is 4.76. The molecule has 0 saturated heterocycles. The molecule has 0 heterocycles. The Morgan fingerprint density at radius 2 is 2.18 bits per heavy atom. The maximum atomic E-state index is 11.4. The molecule has 1 atom stereocenters. The number of hydrogen-bond acceptors (Lipinski definition) is 3. The van der Waals surface area contributed by atoms with Gasteiger partial charge < -0.3 is 4.90 Å². The molecule has 1 aliphatic rings. The van der Waals surface area contributed by atoms with Crippen LogP contribution in [0, 0.1) is 5.92 Å². The number of carbonyl (C=O) groups is 1. The van der Waals surface area contributed by atoms with Crippen molar-refractivity contribution in [1.29, 1.82) is 0 Å². The van der Waals surface area contributed by atoms with Gasteiger partial charge in [0, 0.05) is 25.7 Å². The molecule has 0 radical (unpaired) electrons. The van der Waals surface area contributed by atoms with Crippen molar-refractivity contribution < 1.29 is 10.0 Å². The van der Waals surface area contributed by atoms with Crippen LogP contribution >= 0.6 is 0 Å². The minimum Gasteiger partial charge on any atom is -0.378 e. The summed E-state index contributed by atoms with van der Waals surface area (Å²) in [5.41, 5.74) is 5.44. The summed E-state index contributed by atoms with van der Waals surface area (Å²) in [4.78, 5) is 13.5. The van der Waals surface area contributed by atoms with E-state index >= 15 is 0 Å². The van der Waals surface area contributed by atoms with E-state index in [2.05, 4.69) is 23.1 Å². The van der Waals surface area contributed by atoms with Crippen LogP contribution in [0.1, 0.15) is 17.5 Å². The number of carbonyl (C=O) groups excluding carboxylic acids is 1. The first-order valence-corrected chi connectivity index (χ1v) is 5.85. The molecule has 17 heavy (non-hydrogen) atoms. The van der Waals surface area contributed by atoms with Gasteiger partial charge in [0.15, 0.2) is 0 Å². The van der Waals surface area contributed by atoms with E-state index in [1.807, 2.05) is 14.1 Å². The average Bonchev–Trinajstić information content (AvgIpc) is 2.36. The highest BCUT2D eigenvalue weighted by Crippen LogP contribution is 2.28. The Balaban J connectivity index is 2.23. The zero-order valence-electron chi connectivity index (χ0n) is 10.2. The highest BCUT2D eigenvalue weighted by molar-refractivity contribution is 5.78. The first kappa shape index (κ1) is 11.9. The van der Waals surface area contributed by atoms with Crippen LogP contribution in [0.5, 0.6) is 0 Å². The monoisotopic (exact) mass is 234 g/mol. The third-order valence-corrected chi connectivity index (χ3v) is 3.42. The van der Waals surface area contributed by atoms with Crippen LogP contribution in [0.2, 0.25) is 0 Å². The molecule has 1 aliphatic carbocycles. The number of anilines is 1. The molecule has 1 aromatic rings. The van der Waals surface area contributed by atoms with Gasteiger partial charge in [-0.3, -0.25) is 10.0 Å². The highest BCUT2D eigenvalue weighted by Gasteiger charge is 2.24. The van der Waals surface area contributed by atoms with E-state index < -0.39 is 0 Å². The summed E-state index contributed by atoms with van der Waals surface area (Å²) in [6.45, 7) is 0. The smallest absolute Gasteiger partial charge is 0.246 e. The molecule has 0 fully saturated rings. The predicted octanol–water partition coefficient (Wildman–Crippen LogP) is 1.36. The van der Waals surface area contributed by atoms with Gasteiger partial charge in [0.1, 0.15) is 0 Å². The molecule has 4 heteroatoms. The number of hydroxylamine groups is 1. The normalized spacial score (nSPS) is 18.4. The molecule has 0 spiro atoms. The zero-order valence-corrected chi connectivity index (χ0v) is 10.2. The molecule has 1 unspecified atom stereocenters. The number of amides is 1. The number of fused-ring (bicyclic) bond motifs is 1. The van der Waals surface area contributed by atoms with Crippen LogP contribution in [0.3, 0.4) is 0 Å². The van der Waals surface area contributed by atoms with E-state index in [9.17, 15) is 4.79 Å². The summed E-state index contributed by atoms with van der Waals surface area (Å²) in [5.74, 6) is -0.379. The maximum absolute atomic E-state index is 11.4. The summed E-state index contributed by atoms with van der Waals surface area (Å²) < 4.78 is 0. The van der Waals surface area contributed by atoms with Crippen molar-refractivity contribution in [3.8, 4) is 0 Å². The summed E-state index contributed by atoms with van der Waals surface area (Å²) >= 11 is 0.